The Morgan fingerprint density at radius 2 is 2.00 bits per heavy atom. The summed E-state index contributed by atoms with van der Waals surface area (Å²) in [6.07, 6.45) is 0.143. The molecule has 8 heteroatoms. The number of amides is 3. The Morgan fingerprint density at radius 1 is 1.19 bits per heavy atom. The molecule has 0 spiro atoms. The lowest BCUT2D eigenvalue weighted by Gasteiger charge is -2.18. The van der Waals surface area contributed by atoms with Crippen molar-refractivity contribution in [2.75, 3.05) is 31.0 Å². The van der Waals surface area contributed by atoms with Gasteiger partial charge in [0, 0.05) is 24.7 Å². The molecule has 1 heterocycles. The van der Waals surface area contributed by atoms with Crippen LogP contribution in [-0.4, -0.2) is 38.7 Å². The summed E-state index contributed by atoms with van der Waals surface area (Å²) < 4.78 is 23.7. The highest BCUT2D eigenvalue weighted by Gasteiger charge is 2.31. The Labute approximate surface area is 156 Å². The number of benzene rings is 2. The second-order valence-electron chi connectivity index (χ2n) is 6.05. The number of nitrogens with zero attached hydrogens (tertiary/aromatic N) is 1. The molecule has 2 aromatic carbocycles. The quantitative estimate of drug-likeness (QED) is 0.845. The molecular formula is C19H20FN3O4. The number of hydrogen-bond acceptors (Lipinski definition) is 4. The molecule has 0 unspecified atom stereocenters. The van der Waals surface area contributed by atoms with E-state index < -0.39 is 11.8 Å². The van der Waals surface area contributed by atoms with Crippen molar-refractivity contribution in [2.24, 2.45) is 0 Å². The lowest BCUT2D eigenvalue weighted by atomic mass is 10.2. The number of nitrogens with one attached hydrogen (secondary N) is 2. The average Bonchev–Trinajstić information content (AvgIpc) is 3.02. The summed E-state index contributed by atoms with van der Waals surface area (Å²) in [5.41, 5.74) is 0.948. The van der Waals surface area contributed by atoms with Crippen LogP contribution in [0.15, 0.2) is 42.5 Å². The molecule has 142 valence electrons. The number of ether oxygens (including phenoxy) is 2. The van der Waals surface area contributed by atoms with Crippen LogP contribution in [0.25, 0.3) is 0 Å². The molecule has 3 rings (SSSR count). The molecule has 0 bridgehead atoms. The zero-order valence-corrected chi connectivity index (χ0v) is 15.0. The zero-order chi connectivity index (χ0) is 19.4. The minimum absolute atomic E-state index is 0.143. The molecule has 2 aromatic rings. The number of halogens is 1. The first-order valence-electron chi connectivity index (χ1n) is 8.35. The first kappa shape index (κ1) is 18.5. The normalized spacial score (nSPS) is 16.2. The Morgan fingerprint density at radius 3 is 2.70 bits per heavy atom. The lowest BCUT2D eigenvalue weighted by molar-refractivity contribution is -0.117. The van der Waals surface area contributed by atoms with Crippen LogP contribution in [0.5, 0.6) is 11.5 Å². The predicted molar refractivity (Wildman–Crippen MR) is 98.9 cm³/mol. The van der Waals surface area contributed by atoms with Gasteiger partial charge in [-0.1, -0.05) is 6.07 Å². The van der Waals surface area contributed by atoms with Crippen LogP contribution in [0.4, 0.5) is 20.6 Å². The maximum absolute atomic E-state index is 13.4. The molecule has 27 heavy (non-hydrogen) atoms. The van der Waals surface area contributed by atoms with Gasteiger partial charge >= 0.3 is 6.03 Å². The minimum Gasteiger partial charge on any atom is -0.497 e. The fourth-order valence-electron chi connectivity index (χ4n) is 2.94. The number of anilines is 2. The molecule has 3 amide bonds. The lowest BCUT2D eigenvalue weighted by Crippen LogP contribution is -2.39. The summed E-state index contributed by atoms with van der Waals surface area (Å²) in [5, 5.41) is 5.46. The highest BCUT2D eigenvalue weighted by atomic mass is 19.1. The summed E-state index contributed by atoms with van der Waals surface area (Å²) >= 11 is 0. The molecule has 0 aromatic heterocycles. The van der Waals surface area contributed by atoms with Crippen molar-refractivity contribution in [1.29, 1.82) is 0 Å². The molecule has 1 saturated heterocycles. The van der Waals surface area contributed by atoms with Crippen molar-refractivity contribution < 1.29 is 23.5 Å². The fraction of sp³-hybridized carbons (Fsp3) is 0.263. The van der Waals surface area contributed by atoms with Gasteiger partial charge in [0.05, 0.1) is 25.9 Å². The van der Waals surface area contributed by atoms with E-state index in [9.17, 15) is 14.0 Å². The number of hydrogen-bond donors (Lipinski definition) is 2. The fourth-order valence-corrected chi connectivity index (χ4v) is 2.94. The minimum atomic E-state index is -0.461. The zero-order valence-electron chi connectivity index (χ0n) is 15.0. The third-order valence-corrected chi connectivity index (χ3v) is 4.24. The standard InChI is InChI=1S/C19H20FN3O4/c1-26-15-6-7-16(17(10-15)27-2)22-19(25)21-13-9-18(24)23(11-13)14-5-3-4-12(20)8-14/h3-8,10,13H,9,11H2,1-2H3,(H2,21,22,25)/t13-/m0/s1. The first-order valence-corrected chi connectivity index (χ1v) is 8.35. The van der Waals surface area contributed by atoms with Gasteiger partial charge in [-0.3, -0.25) is 4.79 Å². The number of urea groups is 1. The van der Waals surface area contributed by atoms with Crippen LogP contribution in [0, 0.1) is 5.82 Å². The molecule has 1 aliphatic rings. The van der Waals surface area contributed by atoms with Crippen molar-refractivity contribution in [3.05, 3.63) is 48.3 Å². The van der Waals surface area contributed by atoms with E-state index in [1.807, 2.05) is 0 Å². The maximum Gasteiger partial charge on any atom is 0.319 e. The van der Waals surface area contributed by atoms with Crippen LogP contribution < -0.4 is 25.0 Å². The smallest absolute Gasteiger partial charge is 0.319 e. The van der Waals surface area contributed by atoms with Crippen molar-refractivity contribution in [1.82, 2.24) is 5.32 Å². The Hall–Kier alpha value is -3.29. The van der Waals surface area contributed by atoms with Gasteiger partial charge in [0.15, 0.2) is 0 Å². The van der Waals surface area contributed by atoms with Crippen molar-refractivity contribution >= 4 is 23.3 Å². The Balaban J connectivity index is 1.63. The molecule has 0 saturated carbocycles. The SMILES string of the molecule is COc1ccc(NC(=O)N[C@H]2CC(=O)N(c3cccc(F)c3)C2)c(OC)c1. The molecule has 7 nitrogen and oxygen atoms in total. The second-order valence-corrected chi connectivity index (χ2v) is 6.05. The number of methoxy groups -OCH3 is 2. The van der Waals surface area contributed by atoms with E-state index in [0.29, 0.717) is 22.9 Å². The van der Waals surface area contributed by atoms with Crippen LogP contribution in [0.2, 0.25) is 0 Å². The van der Waals surface area contributed by atoms with Crippen molar-refractivity contribution in [3.8, 4) is 11.5 Å². The van der Waals surface area contributed by atoms with E-state index in [-0.39, 0.29) is 24.9 Å². The number of rotatable bonds is 5. The number of carbonyl (C=O) groups is 2. The third-order valence-electron chi connectivity index (χ3n) is 4.24. The first-order chi connectivity index (χ1) is 13.0. The topological polar surface area (TPSA) is 79.9 Å². The number of carbonyl (C=O) groups excluding carboxylic acids is 2. The van der Waals surface area contributed by atoms with Crippen LogP contribution in [0.3, 0.4) is 0 Å². The molecule has 2 N–H and O–H groups in total. The highest BCUT2D eigenvalue weighted by Crippen LogP contribution is 2.29. The van der Waals surface area contributed by atoms with E-state index in [4.69, 9.17) is 9.47 Å². The van der Waals surface area contributed by atoms with Gasteiger partial charge in [-0.05, 0) is 30.3 Å². The summed E-state index contributed by atoms with van der Waals surface area (Å²) in [7, 11) is 3.03. The van der Waals surface area contributed by atoms with E-state index in [2.05, 4.69) is 10.6 Å². The largest absolute Gasteiger partial charge is 0.497 e. The summed E-state index contributed by atoms with van der Waals surface area (Å²) in [4.78, 5) is 26.0. The van der Waals surface area contributed by atoms with Crippen molar-refractivity contribution in [2.45, 2.75) is 12.5 Å². The summed E-state index contributed by atoms with van der Waals surface area (Å²) in [5.74, 6) is 0.465. The van der Waals surface area contributed by atoms with Crippen LogP contribution in [0.1, 0.15) is 6.42 Å². The second kappa shape index (κ2) is 7.94. The highest BCUT2D eigenvalue weighted by molar-refractivity contribution is 5.98. The van der Waals surface area contributed by atoms with Gasteiger partial charge in [-0.2, -0.15) is 0 Å². The summed E-state index contributed by atoms with van der Waals surface area (Å²) in [6.45, 7) is 0.273. The molecule has 1 aliphatic heterocycles. The van der Waals surface area contributed by atoms with Crippen molar-refractivity contribution in [3.63, 3.8) is 0 Å². The predicted octanol–water partition coefficient (Wildman–Crippen LogP) is 2.77. The monoisotopic (exact) mass is 373 g/mol. The van der Waals surface area contributed by atoms with Gasteiger partial charge in [0.1, 0.15) is 17.3 Å². The molecular weight excluding hydrogens is 353 g/mol. The molecule has 1 fully saturated rings. The van der Waals surface area contributed by atoms with Gasteiger partial charge in [-0.15, -0.1) is 0 Å². The average molecular weight is 373 g/mol. The van der Waals surface area contributed by atoms with E-state index in [0.717, 1.165) is 0 Å². The van der Waals surface area contributed by atoms with Gasteiger partial charge in [-0.25, -0.2) is 9.18 Å². The summed E-state index contributed by atoms with van der Waals surface area (Å²) in [6, 6.07) is 9.98. The third kappa shape index (κ3) is 4.28. The molecule has 0 radical (unpaired) electrons. The Bertz CT molecular complexity index is 859. The van der Waals surface area contributed by atoms with Crippen LogP contribution in [-0.2, 0) is 4.79 Å². The van der Waals surface area contributed by atoms with Gasteiger partial charge in [0.25, 0.3) is 0 Å². The van der Waals surface area contributed by atoms with E-state index >= 15 is 0 Å². The molecule has 1 atom stereocenters. The molecule has 0 aliphatic carbocycles. The van der Waals surface area contributed by atoms with Gasteiger partial charge < -0.3 is 25.0 Å². The van der Waals surface area contributed by atoms with Gasteiger partial charge in [0.2, 0.25) is 5.91 Å². The maximum atomic E-state index is 13.4. The van der Waals surface area contributed by atoms with E-state index in [1.54, 1.807) is 30.3 Å². The van der Waals surface area contributed by atoms with E-state index in [1.165, 1.54) is 31.3 Å². The van der Waals surface area contributed by atoms with Crippen LogP contribution >= 0.6 is 0 Å². The Kier molecular flexibility index (Phi) is 5.44.